The summed E-state index contributed by atoms with van der Waals surface area (Å²) in [4.78, 5) is 28.1. The molecule has 7 heteroatoms. The quantitative estimate of drug-likeness (QED) is 0.761. The fourth-order valence-electron chi connectivity index (χ4n) is 4.65. The molecule has 1 atom stereocenters. The monoisotopic (exact) mass is 440 g/mol. The van der Waals surface area contributed by atoms with E-state index in [1.165, 1.54) is 0 Å². The molecule has 1 saturated heterocycles. The largest absolute Gasteiger partial charge is 0.324 e. The molecule has 1 heterocycles. The number of likely N-dealkylation sites (tertiary alicyclic amines) is 1. The second kappa shape index (κ2) is 8.46. The van der Waals surface area contributed by atoms with E-state index in [1.54, 1.807) is 48.2 Å². The van der Waals surface area contributed by atoms with Gasteiger partial charge in [0.2, 0.25) is 5.91 Å². The average Bonchev–Trinajstić information content (AvgIpc) is 3.45. The van der Waals surface area contributed by atoms with E-state index in [9.17, 15) is 18.0 Å². The number of rotatable bonds is 5. The van der Waals surface area contributed by atoms with Crippen LogP contribution in [0.5, 0.6) is 0 Å². The summed E-state index contributed by atoms with van der Waals surface area (Å²) >= 11 is 0. The van der Waals surface area contributed by atoms with Crippen LogP contribution in [0.2, 0.25) is 0 Å². The molecule has 164 valence electrons. The third kappa shape index (κ3) is 4.11. The van der Waals surface area contributed by atoms with Crippen molar-refractivity contribution >= 4 is 27.3 Å². The zero-order valence-corrected chi connectivity index (χ0v) is 18.5. The summed E-state index contributed by atoms with van der Waals surface area (Å²) in [6.45, 7) is 2.31. The van der Waals surface area contributed by atoms with E-state index < -0.39 is 15.4 Å². The molecule has 0 aromatic heterocycles. The predicted molar refractivity (Wildman–Crippen MR) is 120 cm³/mol. The molecule has 4 rings (SSSR count). The minimum Gasteiger partial charge on any atom is -0.324 e. The number of carbonyl (C=O) groups excluding carboxylic acids is 2. The molecule has 0 spiro atoms. The minimum atomic E-state index is -3.33. The smallest absolute Gasteiger partial charge is 0.254 e. The van der Waals surface area contributed by atoms with Crippen molar-refractivity contribution in [1.29, 1.82) is 0 Å². The number of hydrogen-bond acceptors (Lipinski definition) is 4. The van der Waals surface area contributed by atoms with Gasteiger partial charge in [0, 0.05) is 17.8 Å². The van der Waals surface area contributed by atoms with Crippen LogP contribution in [0.1, 0.15) is 55.8 Å². The maximum absolute atomic E-state index is 13.2. The van der Waals surface area contributed by atoms with E-state index >= 15 is 0 Å². The second-order valence-corrected chi connectivity index (χ2v) is 10.9. The predicted octanol–water partition coefficient (Wildman–Crippen LogP) is 4.04. The van der Waals surface area contributed by atoms with Gasteiger partial charge in [-0.25, -0.2) is 8.42 Å². The van der Waals surface area contributed by atoms with Gasteiger partial charge < -0.3 is 10.2 Å². The summed E-state index contributed by atoms with van der Waals surface area (Å²) in [7, 11) is -3.33. The first kappa shape index (κ1) is 21.6. The zero-order valence-electron chi connectivity index (χ0n) is 17.7. The Bertz CT molecular complexity index is 1060. The summed E-state index contributed by atoms with van der Waals surface area (Å²) in [6, 6.07) is 15.3. The van der Waals surface area contributed by atoms with Crippen LogP contribution < -0.4 is 5.32 Å². The Hall–Kier alpha value is -2.67. The molecule has 0 radical (unpaired) electrons. The Morgan fingerprint density at radius 3 is 2.26 bits per heavy atom. The van der Waals surface area contributed by atoms with Gasteiger partial charge in [-0.05, 0) is 69.0 Å². The Balaban J connectivity index is 1.49. The molecule has 0 bridgehead atoms. The summed E-state index contributed by atoms with van der Waals surface area (Å²) < 4.78 is 25.5. The van der Waals surface area contributed by atoms with Crippen LogP contribution in [0.3, 0.4) is 0 Å². The molecule has 2 aromatic rings. The van der Waals surface area contributed by atoms with Crippen molar-refractivity contribution < 1.29 is 18.0 Å². The average molecular weight is 441 g/mol. The fourth-order valence-corrected chi connectivity index (χ4v) is 6.50. The molecule has 2 aliphatic rings. The highest BCUT2D eigenvalue weighted by Gasteiger charge is 2.46. The van der Waals surface area contributed by atoms with E-state index in [1.807, 2.05) is 18.2 Å². The van der Waals surface area contributed by atoms with E-state index in [0.717, 1.165) is 19.3 Å². The normalized spacial score (nSPS) is 21.9. The third-order valence-electron chi connectivity index (χ3n) is 6.58. The topological polar surface area (TPSA) is 83.6 Å². The van der Waals surface area contributed by atoms with Crippen LogP contribution in [0.15, 0.2) is 59.5 Å². The van der Waals surface area contributed by atoms with E-state index in [0.29, 0.717) is 42.0 Å². The molecular weight excluding hydrogens is 412 g/mol. The number of benzene rings is 2. The lowest BCUT2D eigenvalue weighted by molar-refractivity contribution is -0.124. The number of carbonyl (C=O) groups is 2. The second-order valence-electron chi connectivity index (χ2n) is 8.63. The molecule has 1 aliphatic carbocycles. The van der Waals surface area contributed by atoms with Gasteiger partial charge in [0.15, 0.2) is 9.84 Å². The van der Waals surface area contributed by atoms with Gasteiger partial charge in [0.05, 0.1) is 10.1 Å². The summed E-state index contributed by atoms with van der Waals surface area (Å²) in [5.74, 6) is -0.422. The number of nitrogens with zero attached hydrogens (tertiary/aromatic N) is 1. The van der Waals surface area contributed by atoms with Gasteiger partial charge in [-0.3, -0.25) is 9.59 Å². The molecule has 1 saturated carbocycles. The van der Waals surface area contributed by atoms with E-state index in [2.05, 4.69) is 5.32 Å². The van der Waals surface area contributed by atoms with Crippen molar-refractivity contribution in [1.82, 2.24) is 4.90 Å². The first-order valence-corrected chi connectivity index (χ1v) is 12.4. The Kier molecular flexibility index (Phi) is 5.88. The Morgan fingerprint density at radius 1 is 0.968 bits per heavy atom. The van der Waals surface area contributed by atoms with Crippen molar-refractivity contribution in [2.24, 2.45) is 0 Å². The first-order valence-electron chi connectivity index (χ1n) is 10.8. The SMILES string of the molecule is CC1(C(=O)Nc2ccc(S(=O)(=O)C3CCCC3)cc2)CCCN1C(=O)c1ccccc1. The lowest BCUT2D eigenvalue weighted by Crippen LogP contribution is -2.53. The van der Waals surface area contributed by atoms with Crippen LogP contribution in [0, 0.1) is 0 Å². The van der Waals surface area contributed by atoms with Crippen molar-refractivity contribution in [2.75, 3.05) is 11.9 Å². The van der Waals surface area contributed by atoms with Crippen molar-refractivity contribution in [3.05, 3.63) is 60.2 Å². The lowest BCUT2D eigenvalue weighted by Gasteiger charge is -2.34. The highest BCUT2D eigenvalue weighted by Crippen LogP contribution is 2.33. The number of sulfone groups is 1. The number of amides is 2. The molecule has 2 amide bonds. The molecule has 1 unspecified atom stereocenters. The minimum absolute atomic E-state index is 0.159. The maximum atomic E-state index is 13.2. The maximum Gasteiger partial charge on any atom is 0.254 e. The van der Waals surface area contributed by atoms with Gasteiger partial charge >= 0.3 is 0 Å². The first-order chi connectivity index (χ1) is 14.8. The molecule has 1 aliphatic heterocycles. The van der Waals surface area contributed by atoms with Crippen molar-refractivity contribution in [2.45, 2.75) is 61.1 Å². The van der Waals surface area contributed by atoms with Gasteiger partial charge in [0.1, 0.15) is 5.54 Å². The molecule has 2 fully saturated rings. The van der Waals surface area contributed by atoms with E-state index in [4.69, 9.17) is 0 Å². The Morgan fingerprint density at radius 2 is 1.61 bits per heavy atom. The Labute approximate surface area is 183 Å². The lowest BCUT2D eigenvalue weighted by atomic mass is 9.96. The molecule has 1 N–H and O–H groups in total. The van der Waals surface area contributed by atoms with E-state index in [-0.39, 0.29) is 17.1 Å². The van der Waals surface area contributed by atoms with Crippen LogP contribution in [0.4, 0.5) is 5.69 Å². The number of hydrogen-bond donors (Lipinski definition) is 1. The van der Waals surface area contributed by atoms with Gasteiger partial charge in [-0.2, -0.15) is 0 Å². The molecule has 2 aromatic carbocycles. The number of nitrogens with one attached hydrogen (secondary N) is 1. The molecule has 31 heavy (non-hydrogen) atoms. The fraction of sp³-hybridized carbons (Fsp3) is 0.417. The van der Waals surface area contributed by atoms with Crippen LogP contribution in [0.25, 0.3) is 0 Å². The van der Waals surface area contributed by atoms with Crippen LogP contribution in [-0.4, -0.2) is 42.5 Å². The zero-order chi connectivity index (χ0) is 22.1. The summed E-state index contributed by atoms with van der Waals surface area (Å²) in [5, 5.41) is 2.58. The molecular formula is C24H28N2O4S. The van der Waals surface area contributed by atoms with Gasteiger partial charge in [-0.1, -0.05) is 31.0 Å². The van der Waals surface area contributed by atoms with Gasteiger partial charge in [-0.15, -0.1) is 0 Å². The van der Waals surface area contributed by atoms with Crippen LogP contribution in [-0.2, 0) is 14.6 Å². The molecule has 6 nitrogen and oxygen atoms in total. The summed E-state index contributed by atoms with van der Waals surface area (Å²) in [6.07, 6.45) is 4.66. The highest BCUT2D eigenvalue weighted by atomic mass is 32.2. The van der Waals surface area contributed by atoms with Crippen molar-refractivity contribution in [3.63, 3.8) is 0 Å². The summed E-state index contributed by atoms with van der Waals surface area (Å²) in [5.41, 5.74) is 0.127. The van der Waals surface area contributed by atoms with Gasteiger partial charge in [0.25, 0.3) is 5.91 Å². The standard InChI is InChI=1S/C24H28N2O4S/c1-24(16-7-17-26(24)22(27)18-8-3-2-4-9-18)23(28)25-19-12-14-21(15-13-19)31(29,30)20-10-5-6-11-20/h2-4,8-9,12-15,20H,5-7,10-11,16-17H2,1H3,(H,25,28). The van der Waals surface area contributed by atoms with Crippen LogP contribution >= 0.6 is 0 Å². The highest BCUT2D eigenvalue weighted by molar-refractivity contribution is 7.92. The van der Waals surface area contributed by atoms with Crippen molar-refractivity contribution in [3.8, 4) is 0 Å². The third-order valence-corrected chi connectivity index (χ3v) is 8.86. The number of anilines is 1.